The van der Waals surface area contributed by atoms with Gasteiger partial charge in [-0.3, -0.25) is 18.8 Å². The number of amides is 1. The second-order valence-corrected chi connectivity index (χ2v) is 9.51. The first-order chi connectivity index (χ1) is 21.9. The Morgan fingerprint density at radius 3 is 2.63 bits per heavy atom. The fraction of sp³-hybridized carbons (Fsp3) is 0.156. The Hall–Kier alpha value is -5.49. The first-order valence-electron chi connectivity index (χ1n) is 15.3. The van der Waals surface area contributed by atoms with Crippen LogP contribution in [0, 0.1) is 25.7 Å². The first kappa shape index (κ1) is 20.4. The molecule has 2 aromatic carbocycles. The van der Waals surface area contributed by atoms with E-state index in [9.17, 15) is 9.59 Å². The van der Waals surface area contributed by atoms with E-state index >= 15 is 0 Å². The van der Waals surface area contributed by atoms with Gasteiger partial charge >= 0.3 is 0 Å². The summed E-state index contributed by atoms with van der Waals surface area (Å²) in [7, 11) is 1.80. The molecule has 1 unspecified atom stereocenters. The van der Waals surface area contributed by atoms with Crippen LogP contribution in [0.2, 0.25) is 0 Å². The number of aromatic nitrogens is 6. The molecule has 0 aliphatic heterocycles. The molecule has 1 amide bonds. The van der Waals surface area contributed by atoms with Crippen molar-refractivity contribution in [1.82, 2.24) is 34.3 Å². The lowest BCUT2D eigenvalue weighted by Crippen LogP contribution is -2.32. The number of hydrogen-bond acceptors (Lipinski definition) is 5. The lowest BCUT2D eigenvalue weighted by atomic mass is 10.0. The molecule has 0 aliphatic carbocycles. The van der Waals surface area contributed by atoms with Crippen molar-refractivity contribution in [1.29, 1.82) is 0 Å². The first-order valence-corrected chi connectivity index (χ1v) is 12.8. The summed E-state index contributed by atoms with van der Waals surface area (Å²) < 4.78 is 46.3. The number of nitrogens with zero attached hydrogens (tertiary/aromatic N) is 6. The van der Waals surface area contributed by atoms with Gasteiger partial charge < -0.3 is 5.32 Å². The van der Waals surface area contributed by atoms with Crippen molar-refractivity contribution < 1.29 is 11.6 Å². The molecule has 0 fully saturated rings. The summed E-state index contributed by atoms with van der Waals surface area (Å²) in [5.41, 5.74) is 2.12. The van der Waals surface area contributed by atoms with Crippen LogP contribution in [0.15, 0.2) is 83.9 Å². The Balaban J connectivity index is 1.58. The molecule has 0 saturated heterocycles. The minimum atomic E-state index is -0.881. The molecule has 0 aliphatic rings. The number of para-hydroxylation sites is 1. The van der Waals surface area contributed by atoms with Gasteiger partial charge in [-0.15, -0.1) is 0 Å². The maximum absolute atomic E-state index is 14.5. The molecule has 1 N–H and O–H groups in total. The number of fused-ring (bicyclic) bond motifs is 2. The Bertz CT molecular complexity index is 2340. The lowest BCUT2D eigenvalue weighted by molar-refractivity contribution is 0.0939. The van der Waals surface area contributed by atoms with Crippen LogP contribution in [0.25, 0.3) is 22.1 Å². The summed E-state index contributed by atoms with van der Waals surface area (Å²) >= 11 is 0. The summed E-state index contributed by atoms with van der Waals surface area (Å²) in [4.78, 5) is 32.4. The van der Waals surface area contributed by atoms with Crippen LogP contribution in [-0.2, 0) is 7.05 Å². The predicted molar refractivity (Wildman–Crippen MR) is 157 cm³/mol. The van der Waals surface area contributed by atoms with Crippen LogP contribution in [0.4, 0.5) is 0 Å². The second-order valence-electron chi connectivity index (χ2n) is 9.51. The Kier molecular flexibility index (Phi) is 5.10. The Morgan fingerprint density at radius 2 is 1.88 bits per heavy atom. The zero-order valence-electron chi connectivity index (χ0n) is 27.7. The Morgan fingerprint density at radius 1 is 1.10 bits per heavy atom. The average Bonchev–Trinajstić information content (AvgIpc) is 3.55. The molecule has 9 nitrogen and oxygen atoms in total. The molecule has 9 heteroatoms. The maximum atomic E-state index is 14.5. The smallest absolute Gasteiger partial charge is 0.264 e. The van der Waals surface area contributed by atoms with E-state index in [1.165, 1.54) is 4.52 Å². The number of aryl methyl sites for hydroxylation is 2. The quantitative estimate of drug-likeness (QED) is 0.333. The van der Waals surface area contributed by atoms with Crippen molar-refractivity contribution in [3.05, 3.63) is 123 Å². The van der Waals surface area contributed by atoms with Gasteiger partial charge in [-0.05, 0) is 56.4 Å². The van der Waals surface area contributed by atoms with Gasteiger partial charge in [0.15, 0.2) is 5.65 Å². The highest BCUT2D eigenvalue weighted by molar-refractivity contribution is 6.01. The highest BCUT2D eigenvalue weighted by Crippen LogP contribution is 2.24. The standard InChI is InChI=1S/C32H27N7O2/c1-20(35-31(40)28-21(2)36-38-17-9-16-33-30(28)38)27-18-24-11-8-10-23(14-15-25-19-34-37(4)22(25)3)29(24)32(41)39(27)26-12-6-5-7-13-26/h5-13,16-20H,1-4H3,(H,35,40)/i5D,6D,7D,12D,13D. The molecule has 41 heavy (non-hydrogen) atoms. The van der Waals surface area contributed by atoms with E-state index < -0.39 is 47.7 Å². The van der Waals surface area contributed by atoms with Crippen LogP contribution in [0.1, 0.15) is 58.4 Å². The van der Waals surface area contributed by atoms with Crippen LogP contribution in [-0.4, -0.2) is 34.9 Å². The van der Waals surface area contributed by atoms with E-state index in [1.54, 1.807) is 74.5 Å². The van der Waals surface area contributed by atoms with Gasteiger partial charge in [0.1, 0.15) is 5.56 Å². The number of rotatable bonds is 4. The molecule has 0 spiro atoms. The molecule has 6 aromatic rings. The summed E-state index contributed by atoms with van der Waals surface area (Å²) in [6, 6.07) is 4.70. The van der Waals surface area contributed by atoms with Gasteiger partial charge in [-0.1, -0.05) is 42.1 Å². The summed E-state index contributed by atoms with van der Waals surface area (Å²) in [5, 5.41) is 12.1. The summed E-state index contributed by atoms with van der Waals surface area (Å²) in [5.74, 6) is 5.62. The van der Waals surface area contributed by atoms with Gasteiger partial charge in [-0.25, -0.2) is 9.50 Å². The number of carbonyl (C=O) groups is 1. The van der Waals surface area contributed by atoms with Gasteiger partial charge in [-0.2, -0.15) is 10.2 Å². The molecule has 0 bridgehead atoms. The van der Waals surface area contributed by atoms with E-state index in [0.717, 1.165) is 10.3 Å². The third-order valence-electron chi connectivity index (χ3n) is 6.94. The summed E-state index contributed by atoms with van der Waals surface area (Å²) in [6.45, 7) is 5.20. The van der Waals surface area contributed by atoms with Gasteiger partial charge in [0.25, 0.3) is 11.5 Å². The largest absolute Gasteiger partial charge is 0.344 e. The van der Waals surface area contributed by atoms with E-state index in [0.29, 0.717) is 27.9 Å². The highest BCUT2D eigenvalue weighted by Gasteiger charge is 2.23. The van der Waals surface area contributed by atoms with Gasteiger partial charge in [0.2, 0.25) is 0 Å². The molecule has 1 atom stereocenters. The maximum Gasteiger partial charge on any atom is 0.264 e. The van der Waals surface area contributed by atoms with Gasteiger partial charge in [0, 0.05) is 36.4 Å². The molecule has 6 rings (SSSR count). The van der Waals surface area contributed by atoms with Crippen LogP contribution in [0.5, 0.6) is 0 Å². The second kappa shape index (κ2) is 10.2. The van der Waals surface area contributed by atoms with Crippen molar-refractivity contribution in [2.24, 2.45) is 7.05 Å². The van der Waals surface area contributed by atoms with E-state index in [2.05, 4.69) is 32.3 Å². The zero-order chi connectivity index (χ0) is 33.0. The van der Waals surface area contributed by atoms with E-state index in [1.807, 2.05) is 6.92 Å². The zero-order valence-corrected chi connectivity index (χ0v) is 22.7. The Labute approximate surface area is 243 Å². The van der Waals surface area contributed by atoms with Gasteiger partial charge in [0.05, 0.1) is 41.4 Å². The highest BCUT2D eigenvalue weighted by atomic mass is 16.2. The number of benzene rings is 2. The molecular weight excluding hydrogens is 514 g/mol. The molecule has 4 heterocycles. The van der Waals surface area contributed by atoms with Crippen LogP contribution < -0.4 is 10.9 Å². The van der Waals surface area contributed by atoms with Crippen molar-refractivity contribution in [3.63, 3.8) is 0 Å². The van der Waals surface area contributed by atoms with Crippen molar-refractivity contribution in [3.8, 4) is 17.5 Å². The number of hydrogen-bond donors (Lipinski definition) is 1. The van der Waals surface area contributed by atoms with Crippen molar-refractivity contribution in [2.75, 3.05) is 0 Å². The fourth-order valence-corrected chi connectivity index (χ4v) is 4.75. The minimum Gasteiger partial charge on any atom is -0.344 e. The molecule has 0 saturated carbocycles. The summed E-state index contributed by atoms with van der Waals surface area (Å²) in [6.07, 6.45) is 4.85. The monoisotopic (exact) mass is 546 g/mol. The van der Waals surface area contributed by atoms with Crippen molar-refractivity contribution in [2.45, 2.75) is 26.8 Å². The number of nitrogens with one attached hydrogen (secondary N) is 1. The number of pyridine rings is 1. The van der Waals surface area contributed by atoms with E-state index in [-0.39, 0.29) is 22.3 Å². The lowest BCUT2D eigenvalue weighted by Gasteiger charge is -2.21. The fourth-order valence-electron chi connectivity index (χ4n) is 4.75. The van der Waals surface area contributed by atoms with E-state index in [4.69, 9.17) is 6.85 Å². The molecule has 202 valence electrons. The SMILES string of the molecule is [2H]c1c([2H])c([2H])c(-n2c(C(C)NC(=O)c3c(C)nn4cccnc34)cc3cccc(C#Cc4cnn(C)c4C)c3c2=O)c([2H])c1[2H]. The minimum absolute atomic E-state index is 0.188. The average molecular weight is 547 g/mol. The third kappa shape index (κ3) is 4.55. The molecule has 0 radical (unpaired) electrons. The normalized spacial score (nSPS) is 13.5. The van der Waals surface area contributed by atoms with Crippen LogP contribution in [0.3, 0.4) is 0 Å². The molecule has 4 aromatic heterocycles. The topological polar surface area (TPSA) is 99.1 Å². The third-order valence-corrected chi connectivity index (χ3v) is 6.94. The predicted octanol–water partition coefficient (Wildman–Crippen LogP) is 4.27. The molecular formula is C32H27N7O2. The van der Waals surface area contributed by atoms with Crippen molar-refractivity contribution >= 4 is 22.3 Å². The van der Waals surface area contributed by atoms with Crippen LogP contribution >= 0.6 is 0 Å². The number of carbonyl (C=O) groups excluding carboxylic acids is 1.